The van der Waals surface area contributed by atoms with Crippen molar-refractivity contribution in [3.8, 4) is 0 Å². The Balaban J connectivity index is 1.47. The highest BCUT2D eigenvalue weighted by Gasteiger charge is 2.50. The highest BCUT2D eigenvalue weighted by molar-refractivity contribution is 5.77. The van der Waals surface area contributed by atoms with Gasteiger partial charge in [-0.15, -0.1) is 0 Å². The van der Waals surface area contributed by atoms with Gasteiger partial charge in [0.25, 0.3) is 0 Å². The zero-order chi connectivity index (χ0) is 29.9. The molecule has 234 valence electrons. The van der Waals surface area contributed by atoms with Crippen LogP contribution in [0.2, 0.25) is 0 Å². The molecule has 0 saturated heterocycles. The number of aliphatic hydroxyl groups is 2. The molecule has 0 aliphatic heterocycles. The van der Waals surface area contributed by atoms with Crippen molar-refractivity contribution in [2.45, 2.75) is 123 Å². The van der Waals surface area contributed by atoms with Crippen LogP contribution in [0.5, 0.6) is 0 Å². The fourth-order valence-corrected chi connectivity index (χ4v) is 7.73. The largest absolute Gasteiger partial charge is 0.396 e. The molecule has 6 heteroatoms. The van der Waals surface area contributed by atoms with E-state index in [0.29, 0.717) is 43.4 Å². The summed E-state index contributed by atoms with van der Waals surface area (Å²) >= 11 is 0. The molecule has 0 unspecified atom stereocenters. The first-order valence-corrected chi connectivity index (χ1v) is 16.4. The molecular weight excluding hydrogens is 514 g/mol. The number of carbonyl (C=O) groups is 1. The maximum absolute atomic E-state index is 11.8. The number of amides is 1. The van der Waals surface area contributed by atoms with E-state index in [-0.39, 0.29) is 25.2 Å². The van der Waals surface area contributed by atoms with Crippen LogP contribution in [-0.2, 0) is 14.3 Å². The first-order chi connectivity index (χ1) is 19.5. The van der Waals surface area contributed by atoms with Crippen LogP contribution in [0, 0.1) is 23.2 Å². The van der Waals surface area contributed by atoms with Crippen molar-refractivity contribution in [2.24, 2.45) is 23.2 Å². The Morgan fingerprint density at radius 2 is 1.98 bits per heavy atom. The number of hydrogen-bond donors (Lipinski definition) is 3. The van der Waals surface area contributed by atoms with E-state index in [1.165, 1.54) is 49.7 Å². The molecule has 3 fully saturated rings. The molecule has 0 aromatic heterocycles. The van der Waals surface area contributed by atoms with Gasteiger partial charge in [-0.05, 0) is 113 Å². The Morgan fingerprint density at radius 3 is 2.73 bits per heavy atom. The standard InChI is InChI=1S/C35H59NO5/c1-26-12-15-30(41-23-8-20-36-33(38)25-40-22-9-21-37)24-29(26)14-13-28-11-7-19-35(5)31(16-17-32(28)35)27(2)10-6-18-34(3,4)39/h13-14,27,30-32,37,39H,1,6-12,15-25H2,2-5H3,(H,36,38)/b28-13+,29-14-/t27-,30+,31-,32+,35-/m1/s1. The molecule has 1 amide bonds. The first kappa shape index (κ1) is 34.0. The number of fused-ring (bicyclic) bond motifs is 1. The van der Waals surface area contributed by atoms with Crippen molar-refractivity contribution in [1.82, 2.24) is 5.32 Å². The molecule has 0 radical (unpaired) electrons. The Morgan fingerprint density at radius 1 is 1.17 bits per heavy atom. The Hall–Kier alpha value is -1.47. The van der Waals surface area contributed by atoms with Gasteiger partial charge in [0.15, 0.2) is 0 Å². The van der Waals surface area contributed by atoms with Gasteiger partial charge < -0.3 is 25.0 Å². The molecular formula is C35H59NO5. The number of aliphatic hydroxyl groups excluding tert-OH is 1. The minimum atomic E-state index is -0.558. The fraction of sp³-hybridized carbons (Fsp3) is 0.800. The highest BCUT2D eigenvalue weighted by atomic mass is 16.5. The summed E-state index contributed by atoms with van der Waals surface area (Å²) in [5, 5.41) is 21.8. The molecule has 41 heavy (non-hydrogen) atoms. The molecule has 3 saturated carbocycles. The number of hydrogen-bond acceptors (Lipinski definition) is 5. The lowest BCUT2D eigenvalue weighted by molar-refractivity contribution is -0.125. The van der Waals surface area contributed by atoms with E-state index < -0.39 is 5.60 Å². The second kappa shape index (κ2) is 16.4. The summed E-state index contributed by atoms with van der Waals surface area (Å²) in [6.45, 7) is 15.0. The van der Waals surface area contributed by atoms with Crippen molar-refractivity contribution in [1.29, 1.82) is 0 Å². The second-order valence-electron chi connectivity index (χ2n) is 13.9. The third kappa shape index (κ3) is 10.6. The van der Waals surface area contributed by atoms with Gasteiger partial charge in [-0.25, -0.2) is 0 Å². The number of allylic oxidation sites excluding steroid dienone is 4. The molecule has 3 rings (SSSR count). The van der Waals surface area contributed by atoms with Gasteiger partial charge in [0, 0.05) is 26.4 Å². The van der Waals surface area contributed by atoms with E-state index in [1.54, 1.807) is 5.57 Å². The lowest BCUT2D eigenvalue weighted by atomic mass is 9.60. The smallest absolute Gasteiger partial charge is 0.245 e. The Kier molecular flexibility index (Phi) is 13.6. The lowest BCUT2D eigenvalue weighted by Crippen LogP contribution is -2.36. The van der Waals surface area contributed by atoms with Gasteiger partial charge in [0.05, 0.1) is 11.7 Å². The van der Waals surface area contributed by atoms with Crippen LogP contribution in [0.25, 0.3) is 0 Å². The van der Waals surface area contributed by atoms with E-state index in [1.807, 2.05) is 13.8 Å². The fourth-order valence-electron chi connectivity index (χ4n) is 7.73. The molecule has 3 N–H and O–H groups in total. The summed E-state index contributed by atoms with van der Waals surface area (Å²) in [6.07, 6.45) is 18.9. The molecule has 0 aromatic rings. The van der Waals surface area contributed by atoms with E-state index in [9.17, 15) is 9.90 Å². The quantitative estimate of drug-likeness (QED) is 0.180. The van der Waals surface area contributed by atoms with Crippen molar-refractivity contribution >= 4 is 5.91 Å². The third-order valence-corrected chi connectivity index (χ3v) is 10.0. The summed E-state index contributed by atoms with van der Waals surface area (Å²) in [5.74, 6) is 2.05. The molecule has 3 aliphatic carbocycles. The number of carbonyl (C=O) groups excluding carboxylic acids is 1. The molecule has 0 spiro atoms. The van der Waals surface area contributed by atoms with Gasteiger partial charge in [-0.3, -0.25) is 4.79 Å². The van der Waals surface area contributed by atoms with E-state index in [4.69, 9.17) is 14.6 Å². The third-order valence-electron chi connectivity index (χ3n) is 10.0. The summed E-state index contributed by atoms with van der Waals surface area (Å²) in [4.78, 5) is 11.8. The Bertz CT molecular complexity index is 903. The van der Waals surface area contributed by atoms with E-state index >= 15 is 0 Å². The van der Waals surface area contributed by atoms with Crippen molar-refractivity contribution in [3.05, 3.63) is 35.5 Å². The van der Waals surface area contributed by atoms with Crippen LogP contribution >= 0.6 is 0 Å². The zero-order valence-electron chi connectivity index (χ0n) is 26.5. The van der Waals surface area contributed by atoms with Crippen LogP contribution in [0.15, 0.2) is 35.5 Å². The number of rotatable bonds is 16. The lowest BCUT2D eigenvalue weighted by Gasteiger charge is -2.44. The minimum absolute atomic E-state index is 0.0397. The molecule has 0 aromatic carbocycles. The van der Waals surface area contributed by atoms with Gasteiger partial charge in [-0.2, -0.15) is 0 Å². The molecule has 5 atom stereocenters. The molecule has 0 bridgehead atoms. The SMILES string of the molecule is C=C1CC[C@H](OCCCNC(=O)COCCCO)C/C1=C/C=C1\CCC[C@]2(C)[C@@H]([C@H](C)CCCC(C)(C)O)CC[C@@H]12. The summed E-state index contributed by atoms with van der Waals surface area (Å²) < 4.78 is 11.4. The van der Waals surface area contributed by atoms with Gasteiger partial charge in [0.1, 0.15) is 6.61 Å². The van der Waals surface area contributed by atoms with Crippen molar-refractivity contribution in [2.75, 3.05) is 33.0 Å². The summed E-state index contributed by atoms with van der Waals surface area (Å²) in [5.41, 5.74) is 4.07. The van der Waals surface area contributed by atoms with Crippen LogP contribution in [-0.4, -0.2) is 60.8 Å². The van der Waals surface area contributed by atoms with Crippen LogP contribution in [0.1, 0.15) is 111 Å². The average Bonchev–Trinajstić information content (AvgIpc) is 3.28. The van der Waals surface area contributed by atoms with Crippen molar-refractivity contribution in [3.63, 3.8) is 0 Å². The highest BCUT2D eigenvalue weighted by Crippen LogP contribution is 2.60. The summed E-state index contributed by atoms with van der Waals surface area (Å²) in [6, 6.07) is 0. The molecule has 3 aliphatic rings. The topological polar surface area (TPSA) is 88.0 Å². The second-order valence-corrected chi connectivity index (χ2v) is 13.9. The zero-order valence-corrected chi connectivity index (χ0v) is 26.5. The summed E-state index contributed by atoms with van der Waals surface area (Å²) in [7, 11) is 0. The van der Waals surface area contributed by atoms with Crippen molar-refractivity contribution < 1.29 is 24.5 Å². The van der Waals surface area contributed by atoms with Gasteiger partial charge in [-0.1, -0.05) is 56.6 Å². The number of ether oxygens (including phenoxy) is 2. The van der Waals surface area contributed by atoms with Gasteiger partial charge in [0.2, 0.25) is 5.91 Å². The molecule has 6 nitrogen and oxygen atoms in total. The average molecular weight is 574 g/mol. The Labute approximate surface area is 250 Å². The monoisotopic (exact) mass is 573 g/mol. The van der Waals surface area contributed by atoms with E-state index in [0.717, 1.165) is 44.4 Å². The molecule has 0 heterocycles. The number of nitrogens with one attached hydrogen (secondary N) is 1. The van der Waals surface area contributed by atoms with Crippen LogP contribution in [0.3, 0.4) is 0 Å². The van der Waals surface area contributed by atoms with Gasteiger partial charge >= 0.3 is 0 Å². The maximum Gasteiger partial charge on any atom is 0.245 e. The predicted molar refractivity (Wildman–Crippen MR) is 167 cm³/mol. The normalized spacial score (nSPS) is 29.6. The maximum atomic E-state index is 11.8. The van der Waals surface area contributed by atoms with Crippen LogP contribution < -0.4 is 5.32 Å². The van der Waals surface area contributed by atoms with Crippen LogP contribution in [0.4, 0.5) is 0 Å². The minimum Gasteiger partial charge on any atom is -0.396 e. The predicted octanol–water partition coefficient (Wildman–Crippen LogP) is 6.66. The van der Waals surface area contributed by atoms with E-state index in [2.05, 4.69) is 37.9 Å². The first-order valence-electron chi connectivity index (χ1n) is 16.4.